The van der Waals surface area contributed by atoms with Crippen molar-refractivity contribution in [2.45, 2.75) is 50.0 Å². The number of guanidine groups is 1. The Balaban J connectivity index is 1.57. The molecular weight excluding hydrogens is 302 g/mol. The first-order valence-corrected chi connectivity index (χ1v) is 9.11. The smallest absolute Gasteiger partial charge is 0.191 e. The fourth-order valence-corrected chi connectivity index (χ4v) is 3.96. The summed E-state index contributed by atoms with van der Waals surface area (Å²) >= 11 is 0. The summed E-state index contributed by atoms with van der Waals surface area (Å²) in [4.78, 5) is 6.91. The summed E-state index contributed by atoms with van der Waals surface area (Å²) in [6.07, 6.45) is 7.30. The van der Waals surface area contributed by atoms with E-state index in [1.807, 2.05) is 6.07 Å². The number of ether oxygens (including phenoxy) is 2. The number of hydrogen-bond acceptors (Lipinski definition) is 3. The lowest BCUT2D eigenvalue weighted by Crippen LogP contribution is -2.37. The maximum absolute atomic E-state index is 6.22. The summed E-state index contributed by atoms with van der Waals surface area (Å²) < 4.78 is 11.4. The van der Waals surface area contributed by atoms with Gasteiger partial charge in [0.15, 0.2) is 17.5 Å². The summed E-state index contributed by atoms with van der Waals surface area (Å²) in [6.45, 7) is 2.02. The van der Waals surface area contributed by atoms with Crippen LogP contribution in [0.1, 0.15) is 44.1 Å². The van der Waals surface area contributed by atoms with E-state index in [-0.39, 0.29) is 5.41 Å². The maximum atomic E-state index is 6.22. The minimum Gasteiger partial charge on any atom is -0.486 e. The summed E-state index contributed by atoms with van der Waals surface area (Å²) in [6, 6.07) is 7.00. The zero-order valence-corrected chi connectivity index (χ0v) is 14.5. The van der Waals surface area contributed by atoms with E-state index in [1.54, 1.807) is 0 Å². The molecule has 3 aliphatic rings. The van der Waals surface area contributed by atoms with Crippen LogP contribution in [-0.4, -0.2) is 43.7 Å². The molecule has 0 saturated heterocycles. The zero-order chi connectivity index (χ0) is 16.6. The molecule has 5 heteroatoms. The van der Waals surface area contributed by atoms with Gasteiger partial charge in [-0.1, -0.05) is 18.9 Å². The van der Waals surface area contributed by atoms with Crippen LogP contribution >= 0.6 is 0 Å². The number of nitrogens with two attached hydrogens (primary N) is 1. The molecule has 0 aromatic heterocycles. The van der Waals surface area contributed by atoms with E-state index in [4.69, 9.17) is 20.2 Å². The minimum absolute atomic E-state index is 0.0881. The van der Waals surface area contributed by atoms with Crippen molar-refractivity contribution in [1.82, 2.24) is 4.90 Å². The van der Waals surface area contributed by atoms with E-state index in [0.717, 1.165) is 30.9 Å². The lowest BCUT2D eigenvalue weighted by molar-refractivity contribution is 0.171. The first-order chi connectivity index (χ1) is 11.7. The lowest BCUT2D eigenvalue weighted by Gasteiger charge is -2.30. The lowest BCUT2D eigenvalue weighted by atomic mass is 9.79. The number of rotatable bonds is 4. The normalized spacial score (nSPS) is 22.5. The molecule has 0 amide bonds. The third-order valence-electron chi connectivity index (χ3n) is 5.71. The first-order valence-electron chi connectivity index (χ1n) is 9.11. The predicted molar refractivity (Wildman–Crippen MR) is 94.9 cm³/mol. The number of nitrogens with zero attached hydrogens (tertiary/aromatic N) is 2. The summed E-state index contributed by atoms with van der Waals surface area (Å²) in [5, 5.41) is 0. The first kappa shape index (κ1) is 15.6. The average Bonchev–Trinajstić information content (AvgIpc) is 3.36. The monoisotopic (exact) mass is 329 g/mol. The van der Waals surface area contributed by atoms with Crippen molar-refractivity contribution in [1.29, 1.82) is 0 Å². The van der Waals surface area contributed by atoms with Crippen LogP contribution in [0.25, 0.3) is 0 Å². The van der Waals surface area contributed by atoms with Gasteiger partial charge in [-0.05, 0) is 43.4 Å². The van der Waals surface area contributed by atoms with Crippen molar-refractivity contribution < 1.29 is 9.47 Å². The largest absolute Gasteiger partial charge is 0.486 e. The molecule has 0 atom stereocenters. The standard InChI is InChI=1S/C19H27N3O2/c1-22(15-5-6-15)18(20)21-13-19(8-2-3-9-19)14-4-7-16-17(12-14)24-11-10-23-16/h4,7,12,15H,2-3,5-6,8-11,13H2,1H3,(H2,20,21). The number of aliphatic imine (C=N–C) groups is 1. The fraction of sp³-hybridized carbons (Fsp3) is 0.632. The van der Waals surface area contributed by atoms with Crippen molar-refractivity contribution in [3.05, 3.63) is 23.8 Å². The SMILES string of the molecule is CN(C(N)=NCC1(c2ccc3c(c2)OCCO3)CCCC1)C1CC1. The second kappa shape index (κ2) is 6.19. The molecular formula is C19H27N3O2. The highest BCUT2D eigenvalue weighted by Gasteiger charge is 2.37. The van der Waals surface area contributed by atoms with Crippen molar-refractivity contribution in [3.8, 4) is 11.5 Å². The second-order valence-corrected chi connectivity index (χ2v) is 7.36. The van der Waals surface area contributed by atoms with Gasteiger partial charge in [0, 0.05) is 18.5 Å². The van der Waals surface area contributed by atoms with E-state index in [1.165, 1.54) is 31.2 Å². The minimum atomic E-state index is 0.0881. The van der Waals surface area contributed by atoms with Gasteiger partial charge in [-0.25, -0.2) is 0 Å². The van der Waals surface area contributed by atoms with Crippen LogP contribution in [0.2, 0.25) is 0 Å². The predicted octanol–water partition coefficient (Wildman–Crippen LogP) is 2.68. The molecule has 0 radical (unpaired) electrons. The third-order valence-corrected chi connectivity index (χ3v) is 5.71. The molecule has 4 rings (SSSR count). The van der Waals surface area contributed by atoms with Crippen molar-refractivity contribution in [3.63, 3.8) is 0 Å². The Bertz CT molecular complexity index is 633. The number of fused-ring (bicyclic) bond motifs is 1. The van der Waals surface area contributed by atoms with Gasteiger partial charge in [0.25, 0.3) is 0 Å². The molecule has 24 heavy (non-hydrogen) atoms. The van der Waals surface area contributed by atoms with Crippen LogP contribution in [0.4, 0.5) is 0 Å². The van der Waals surface area contributed by atoms with Gasteiger partial charge in [-0.3, -0.25) is 4.99 Å². The zero-order valence-electron chi connectivity index (χ0n) is 14.5. The molecule has 1 aromatic rings. The molecule has 1 aromatic carbocycles. The number of benzene rings is 1. The highest BCUT2D eigenvalue weighted by Crippen LogP contribution is 2.44. The Morgan fingerprint density at radius 1 is 1.21 bits per heavy atom. The molecule has 0 unspecified atom stereocenters. The Labute approximate surface area is 143 Å². The summed E-state index contributed by atoms with van der Waals surface area (Å²) in [5.41, 5.74) is 7.62. The molecule has 2 fully saturated rings. The second-order valence-electron chi connectivity index (χ2n) is 7.36. The number of hydrogen-bond donors (Lipinski definition) is 1. The van der Waals surface area contributed by atoms with Gasteiger partial charge in [0.1, 0.15) is 13.2 Å². The van der Waals surface area contributed by atoms with Crippen molar-refractivity contribution >= 4 is 5.96 Å². The summed E-state index contributed by atoms with van der Waals surface area (Å²) in [5.74, 6) is 2.41. The average molecular weight is 329 g/mol. The third kappa shape index (κ3) is 2.92. The van der Waals surface area contributed by atoms with Crippen LogP contribution in [-0.2, 0) is 5.41 Å². The maximum Gasteiger partial charge on any atom is 0.191 e. The van der Waals surface area contributed by atoms with Gasteiger partial charge in [-0.2, -0.15) is 0 Å². The Morgan fingerprint density at radius 2 is 1.92 bits per heavy atom. The molecule has 1 aliphatic heterocycles. The van der Waals surface area contributed by atoms with E-state index >= 15 is 0 Å². The highest BCUT2D eigenvalue weighted by atomic mass is 16.6. The van der Waals surface area contributed by atoms with E-state index in [9.17, 15) is 0 Å². The van der Waals surface area contributed by atoms with Gasteiger partial charge < -0.3 is 20.1 Å². The van der Waals surface area contributed by atoms with Crippen LogP contribution in [0.15, 0.2) is 23.2 Å². The highest BCUT2D eigenvalue weighted by molar-refractivity contribution is 5.78. The van der Waals surface area contributed by atoms with Crippen LogP contribution in [0.3, 0.4) is 0 Å². The molecule has 130 valence electrons. The van der Waals surface area contributed by atoms with E-state index in [2.05, 4.69) is 24.1 Å². The van der Waals surface area contributed by atoms with Crippen LogP contribution in [0, 0.1) is 0 Å². The molecule has 1 heterocycles. The Hall–Kier alpha value is -1.91. The topological polar surface area (TPSA) is 60.1 Å². The molecule has 2 aliphatic carbocycles. The summed E-state index contributed by atoms with van der Waals surface area (Å²) in [7, 11) is 2.06. The van der Waals surface area contributed by atoms with Gasteiger partial charge in [-0.15, -0.1) is 0 Å². The molecule has 5 nitrogen and oxygen atoms in total. The molecule has 0 bridgehead atoms. The van der Waals surface area contributed by atoms with E-state index < -0.39 is 0 Å². The van der Waals surface area contributed by atoms with Crippen LogP contribution in [0.5, 0.6) is 11.5 Å². The van der Waals surface area contributed by atoms with Gasteiger partial charge >= 0.3 is 0 Å². The Kier molecular flexibility index (Phi) is 4.02. The van der Waals surface area contributed by atoms with Crippen molar-refractivity contribution in [2.24, 2.45) is 10.7 Å². The van der Waals surface area contributed by atoms with Gasteiger partial charge in [0.2, 0.25) is 0 Å². The van der Waals surface area contributed by atoms with E-state index in [0.29, 0.717) is 25.2 Å². The van der Waals surface area contributed by atoms with Crippen LogP contribution < -0.4 is 15.2 Å². The van der Waals surface area contributed by atoms with Gasteiger partial charge in [0.05, 0.1) is 6.54 Å². The quantitative estimate of drug-likeness (QED) is 0.681. The fourth-order valence-electron chi connectivity index (χ4n) is 3.96. The van der Waals surface area contributed by atoms with Crippen molar-refractivity contribution in [2.75, 3.05) is 26.8 Å². The molecule has 0 spiro atoms. The molecule has 2 N–H and O–H groups in total. The Morgan fingerprint density at radius 3 is 2.62 bits per heavy atom. The molecule has 2 saturated carbocycles.